The molecule has 0 spiro atoms. The van der Waals surface area contributed by atoms with E-state index in [1.165, 1.54) is 32.1 Å². The number of fused-ring (bicyclic) bond motifs is 1. The topological polar surface area (TPSA) is 12.0 Å². The summed E-state index contributed by atoms with van der Waals surface area (Å²) < 4.78 is 0. The molecule has 3 rings (SSSR count). The molecule has 1 aromatic rings. The van der Waals surface area contributed by atoms with E-state index < -0.39 is 0 Å². The molecule has 0 bridgehead atoms. The van der Waals surface area contributed by atoms with E-state index in [0.717, 1.165) is 6.04 Å². The van der Waals surface area contributed by atoms with Crippen LogP contribution in [0.2, 0.25) is 0 Å². The van der Waals surface area contributed by atoms with E-state index in [1.807, 2.05) is 0 Å². The molecule has 0 radical (unpaired) electrons. The Morgan fingerprint density at radius 1 is 1.12 bits per heavy atom. The molecule has 1 N–H and O–H groups in total. The minimum Gasteiger partial charge on any atom is -0.307 e. The average Bonchev–Trinajstić information content (AvgIpc) is 2.26. The second-order valence-corrected chi connectivity index (χ2v) is 6.36. The van der Waals surface area contributed by atoms with Crippen LogP contribution < -0.4 is 5.32 Å². The fourth-order valence-electron chi connectivity index (χ4n) is 3.25. The molecule has 1 unspecified atom stereocenters. The van der Waals surface area contributed by atoms with Gasteiger partial charge < -0.3 is 5.32 Å². The van der Waals surface area contributed by atoms with Crippen LogP contribution in [0.3, 0.4) is 0 Å². The summed E-state index contributed by atoms with van der Waals surface area (Å²) in [5, 5.41) is 3.85. The second-order valence-electron chi connectivity index (χ2n) is 6.36. The summed E-state index contributed by atoms with van der Waals surface area (Å²) in [4.78, 5) is 0. The Kier molecular flexibility index (Phi) is 2.74. The van der Waals surface area contributed by atoms with Crippen LogP contribution in [-0.4, -0.2) is 6.04 Å². The van der Waals surface area contributed by atoms with Crippen molar-refractivity contribution in [3.8, 4) is 0 Å². The van der Waals surface area contributed by atoms with Crippen molar-refractivity contribution >= 4 is 0 Å². The lowest BCUT2D eigenvalue weighted by molar-refractivity contribution is 0.270. The summed E-state index contributed by atoms with van der Waals surface area (Å²) in [5.74, 6) is 0. The van der Waals surface area contributed by atoms with Crippen molar-refractivity contribution in [2.75, 3.05) is 0 Å². The van der Waals surface area contributed by atoms with Crippen LogP contribution in [0.25, 0.3) is 0 Å². The molecule has 1 nitrogen and oxygen atoms in total. The standard InChI is InChI=1S/C16H23N/c1-16(2)11-10-15(17-12-6-5-7-12)13-8-3-4-9-14(13)16/h3-4,8-9,12,15,17H,5-7,10-11H2,1-2H3. The van der Waals surface area contributed by atoms with E-state index in [2.05, 4.69) is 43.4 Å². The van der Waals surface area contributed by atoms with Gasteiger partial charge in [-0.05, 0) is 42.2 Å². The quantitative estimate of drug-likeness (QED) is 0.810. The van der Waals surface area contributed by atoms with Crippen molar-refractivity contribution in [3.05, 3.63) is 35.4 Å². The lowest BCUT2D eigenvalue weighted by atomic mass is 9.70. The van der Waals surface area contributed by atoms with Gasteiger partial charge in [-0.15, -0.1) is 0 Å². The Hall–Kier alpha value is -0.820. The van der Waals surface area contributed by atoms with Gasteiger partial charge >= 0.3 is 0 Å². The highest BCUT2D eigenvalue weighted by atomic mass is 15.0. The van der Waals surface area contributed by atoms with Gasteiger partial charge in [0.15, 0.2) is 0 Å². The molecule has 92 valence electrons. The largest absolute Gasteiger partial charge is 0.307 e. The van der Waals surface area contributed by atoms with E-state index in [9.17, 15) is 0 Å². The Morgan fingerprint density at radius 3 is 2.59 bits per heavy atom. The first-order valence-corrected chi connectivity index (χ1v) is 7.02. The molecule has 2 aliphatic rings. The number of rotatable bonds is 2. The smallest absolute Gasteiger partial charge is 0.0325 e. The zero-order valence-electron chi connectivity index (χ0n) is 11.0. The third-order valence-electron chi connectivity index (χ3n) is 4.67. The van der Waals surface area contributed by atoms with Crippen LogP contribution in [0.4, 0.5) is 0 Å². The lowest BCUT2D eigenvalue weighted by Crippen LogP contribution is -2.41. The van der Waals surface area contributed by atoms with Crippen molar-refractivity contribution < 1.29 is 0 Å². The summed E-state index contributed by atoms with van der Waals surface area (Å²) in [6.45, 7) is 4.76. The molecule has 1 atom stereocenters. The summed E-state index contributed by atoms with van der Waals surface area (Å²) >= 11 is 0. The molecule has 0 amide bonds. The third kappa shape index (κ3) is 2.01. The van der Waals surface area contributed by atoms with Gasteiger partial charge in [0.25, 0.3) is 0 Å². The van der Waals surface area contributed by atoms with Gasteiger partial charge in [0, 0.05) is 12.1 Å². The van der Waals surface area contributed by atoms with Crippen molar-refractivity contribution in [2.24, 2.45) is 0 Å². The molecule has 1 fully saturated rings. The SMILES string of the molecule is CC1(C)CCC(NC2CCC2)c2ccccc21. The molecule has 0 saturated heterocycles. The maximum absolute atomic E-state index is 3.85. The predicted octanol–water partition coefficient (Wildman–Crippen LogP) is 3.94. The normalized spacial score (nSPS) is 27.3. The van der Waals surface area contributed by atoms with Crippen molar-refractivity contribution in [3.63, 3.8) is 0 Å². The minimum absolute atomic E-state index is 0.356. The zero-order chi connectivity index (χ0) is 11.9. The highest BCUT2D eigenvalue weighted by Gasteiger charge is 2.33. The molecule has 0 heterocycles. The van der Waals surface area contributed by atoms with E-state index >= 15 is 0 Å². The van der Waals surface area contributed by atoms with Crippen molar-refractivity contribution in [1.82, 2.24) is 5.32 Å². The van der Waals surface area contributed by atoms with E-state index in [-0.39, 0.29) is 0 Å². The van der Waals surface area contributed by atoms with E-state index in [1.54, 1.807) is 11.1 Å². The zero-order valence-corrected chi connectivity index (χ0v) is 11.0. The minimum atomic E-state index is 0.356. The highest BCUT2D eigenvalue weighted by Crippen LogP contribution is 2.42. The van der Waals surface area contributed by atoms with Crippen molar-refractivity contribution in [2.45, 2.75) is 63.5 Å². The predicted molar refractivity (Wildman–Crippen MR) is 72.2 cm³/mol. The van der Waals surface area contributed by atoms with Gasteiger partial charge in [-0.2, -0.15) is 0 Å². The highest BCUT2D eigenvalue weighted by molar-refractivity contribution is 5.38. The third-order valence-corrected chi connectivity index (χ3v) is 4.67. The Balaban J connectivity index is 1.88. The summed E-state index contributed by atoms with van der Waals surface area (Å²) in [7, 11) is 0. The average molecular weight is 229 g/mol. The van der Waals surface area contributed by atoms with Gasteiger partial charge in [0.2, 0.25) is 0 Å². The molecule has 1 saturated carbocycles. The molecule has 1 aromatic carbocycles. The number of nitrogens with one attached hydrogen (secondary N) is 1. The summed E-state index contributed by atoms with van der Waals surface area (Å²) in [5.41, 5.74) is 3.47. The summed E-state index contributed by atoms with van der Waals surface area (Å²) in [6, 6.07) is 10.4. The Morgan fingerprint density at radius 2 is 1.88 bits per heavy atom. The second kappa shape index (κ2) is 4.13. The van der Waals surface area contributed by atoms with Crippen LogP contribution in [-0.2, 0) is 5.41 Å². The Bertz CT molecular complexity index is 404. The van der Waals surface area contributed by atoms with Crippen LogP contribution in [0, 0.1) is 0 Å². The van der Waals surface area contributed by atoms with Crippen LogP contribution >= 0.6 is 0 Å². The number of hydrogen-bond donors (Lipinski definition) is 1. The first-order chi connectivity index (χ1) is 8.17. The van der Waals surface area contributed by atoms with Crippen LogP contribution in [0.5, 0.6) is 0 Å². The lowest BCUT2D eigenvalue weighted by Gasteiger charge is -2.40. The van der Waals surface area contributed by atoms with Gasteiger partial charge in [0.05, 0.1) is 0 Å². The van der Waals surface area contributed by atoms with Crippen molar-refractivity contribution in [1.29, 1.82) is 0 Å². The monoisotopic (exact) mass is 229 g/mol. The fourth-order valence-corrected chi connectivity index (χ4v) is 3.25. The Labute approximate surface area is 105 Å². The van der Waals surface area contributed by atoms with Gasteiger partial charge in [0.1, 0.15) is 0 Å². The first kappa shape index (κ1) is 11.3. The number of benzene rings is 1. The maximum atomic E-state index is 3.85. The molecular weight excluding hydrogens is 206 g/mol. The van der Waals surface area contributed by atoms with Crippen LogP contribution in [0.1, 0.15) is 63.1 Å². The van der Waals surface area contributed by atoms with E-state index in [4.69, 9.17) is 0 Å². The molecule has 0 aliphatic heterocycles. The van der Waals surface area contributed by atoms with Gasteiger partial charge in [-0.1, -0.05) is 44.5 Å². The first-order valence-electron chi connectivity index (χ1n) is 7.02. The van der Waals surface area contributed by atoms with Gasteiger partial charge in [-0.25, -0.2) is 0 Å². The van der Waals surface area contributed by atoms with E-state index in [0.29, 0.717) is 11.5 Å². The molecule has 2 aliphatic carbocycles. The molecule has 17 heavy (non-hydrogen) atoms. The molecular formula is C16H23N. The summed E-state index contributed by atoms with van der Waals surface area (Å²) in [6.07, 6.45) is 6.76. The molecule has 1 heteroatoms. The number of hydrogen-bond acceptors (Lipinski definition) is 1. The maximum Gasteiger partial charge on any atom is 0.0325 e. The van der Waals surface area contributed by atoms with Gasteiger partial charge in [-0.3, -0.25) is 0 Å². The molecule has 0 aromatic heterocycles. The fraction of sp³-hybridized carbons (Fsp3) is 0.625. The van der Waals surface area contributed by atoms with Crippen LogP contribution in [0.15, 0.2) is 24.3 Å².